The Morgan fingerprint density at radius 1 is 1.21 bits per heavy atom. The molecule has 0 aliphatic heterocycles. The second-order valence-electron chi connectivity index (χ2n) is 4.52. The topological polar surface area (TPSA) is 26.3 Å². The lowest BCUT2D eigenvalue weighted by atomic mass is 9.86. The summed E-state index contributed by atoms with van der Waals surface area (Å²) in [6, 6.07) is 2.44. The summed E-state index contributed by atoms with van der Waals surface area (Å²) in [6.45, 7) is 7.15. The average Bonchev–Trinajstić information content (AvgIpc) is 2.40. The van der Waals surface area contributed by atoms with E-state index in [9.17, 15) is 13.6 Å². The largest absolute Gasteiger partial charge is 0.367 e. The van der Waals surface area contributed by atoms with Gasteiger partial charge in [0.2, 0.25) is 5.78 Å². The first-order chi connectivity index (χ1) is 8.93. The van der Waals surface area contributed by atoms with Crippen LogP contribution in [-0.4, -0.2) is 18.0 Å². The molecule has 0 bridgehead atoms. The fourth-order valence-corrected chi connectivity index (χ4v) is 2.21. The molecule has 2 nitrogen and oxygen atoms in total. The van der Waals surface area contributed by atoms with Gasteiger partial charge in [0, 0.05) is 6.61 Å². The lowest BCUT2D eigenvalue weighted by Gasteiger charge is -2.30. The molecular formula is C15H20F2O2. The van der Waals surface area contributed by atoms with Gasteiger partial charge >= 0.3 is 0 Å². The van der Waals surface area contributed by atoms with Crippen molar-refractivity contribution < 1.29 is 18.3 Å². The summed E-state index contributed by atoms with van der Waals surface area (Å²) in [4.78, 5) is 12.5. The Kier molecular flexibility index (Phi) is 5.18. The van der Waals surface area contributed by atoms with Gasteiger partial charge in [0.25, 0.3) is 0 Å². The molecule has 0 heterocycles. The molecule has 0 radical (unpaired) electrons. The first-order valence-corrected chi connectivity index (χ1v) is 6.56. The molecule has 19 heavy (non-hydrogen) atoms. The van der Waals surface area contributed by atoms with E-state index >= 15 is 0 Å². The van der Waals surface area contributed by atoms with E-state index in [-0.39, 0.29) is 5.56 Å². The maximum atomic E-state index is 14.0. The zero-order valence-electron chi connectivity index (χ0n) is 11.8. The highest BCUT2D eigenvalue weighted by Crippen LogP contribution is 2.29. The highest BCUT2D eigenvalue weighted by Gasteiger charge is 2.39. The Labute approximate surface area is 112 Å². The summed E-state index contributed by atoms with van der Waals surface area (Å²) < 4.78 is 33.4. The molecule has 0 spiro atoms. The number of hydrogen-bond donors (Lipinski definition) is 0. The molecule has 0 aliphatic rings. The van der Waals surface area contributed by atoms with Crippen molar-refractivity contribution >= 4 is 5.78 Å². The summed E-state index contributed by atoms with van der Waals surface area (Å²) in [5, 5.41) is 0. The minimum atomic E-state index is -1.15. The number of rotatable bonds is 6. The Bertz CT molecular complexity index is 465. The Hall–Kier alpha value is -1.29. The molecule has 1 aromatic rings. The molecule has 0 N–H and O–H groups in total. The molecule has 0 saturated heterocycles. The van der Waals surface area contributed by atoms with Crippen molar-refractivity contribution in [3.05, 3.63) is 34.9 Å². The monoisotopic (exact) mass is 270 g/mol. The van der Waals surface area contributed by atoms with Crippen LogP contribution in [0, 0.1) is 18.6 Å². The fourth-order valence-electron chi connectivity index (χ4n) is 2.21. The Morgan fingerprint density at radius 3 is 2.26 bits per heavy atom. The Morgan fingerprint density at radius 2 is 1.79 bits per heavy atom. The van der Waals surface area contributed by atoms with Crippen molar-refractivity contribution in [2.45, 2.75) is 46.1 Å². The van der Waals surface area contributed by atoms with Crippen LogP contribution in [0.5, 0.6) is 0 Å². The van der Waals surface area contributed by atoms with Crippen molar-refractivity contribution in [1.82, 2.24) is 0 Å². The molecular weight excluding hydrogens is 250 g/mol. The smallest absolute Gasteiger partial charge is 0.200 e. The van der Waals surface area contributed by atoms with Crippen molar-refractivity contribution in [2.75, 3.05) is 6.61 Å². The zero-order valence-corrected chi connectivity index (χ0v) is 11.8. The third-order valence-electron chi connectivity index (χ3n) is 3.49. The van der Waals surface area contributed by atoms with E-state index < -0.39 is 28.6 Å². The van der Waals surface area contributed by atoms with Crippen molar-refractivity contribution in [3.8, 4) is 0 Å². The first kappa shape index (κ1) is 15.8. The van der Waals surface area contributed by atoms with Crippen molar-refractivity contribution in [3.63, 3.8) is 0 Å². The molecule has 0 saturated carbocycles. The predicted molar refractivity (Wildman–Crippen MR) is 70.4 cm³/mol. The number of Topliss-reactive ketones (excluding diaryl/α,β-unsaturated/α-hetero) is 1. The zero-order chi connectivity index (χ0) is 14.6. The summed E-state index contributed by atoms with van der Waals surface area (Å²) >= 11 is 0. The van der Waals surface area contributed by atoms with Crippen LogP contribution in [0.2, 0.25) is 0 Å². The van der Waals surface area contributed by atoms with E-state index in [4.69, 9.17) is 4.74 Å². The van der Waals surface area contributed by atoms with Crippen LogP contribution in [0.4, 0.5) is 8.78 Å². The second-order valence-corrected chi connectivity index (χ2v) is 4.52. The third-order valence-corrected chi connectivity index (χ3v) is 3.49. The molecule has 0 amide bonds. The maximum Gasteiger partial charge on any atom is 0.200 e. The summed E-state index contributed by atoms with van der Waals surface area (Å²) in [7, 11) is 0. The van der Waals surface area contributed by atoms with Gasteiger partial charge in [0.1, 0.15) is 17.2 Å². The summed E-state index contributed by atoms with van der Waals surface area (Å²) in [5.41, 5.74) is -1.39. The van der Waals surface area contributed by atoms with Gasteiger partial charge in [-0.15, -0.1) is 0 Å². The summed E-state index contributed by atoms with van der Waals surface area (Å²) in [6.07, 6.45) is 0.756. The average molecular weight is 270 g/mol. The lowest BCUT2D eigenvalue weighted by Crippen LogP contribution is -2.41. The lowest BCUT2D eigenvalue weighted by molar-refractivity contribution is -0.0255. The van der Waals surface area contributed by atoms with Crippen LogP contribution in [0.25, 0.3) is 0 Å². The highest BCUT2D eigenvalue weighted by molar-refractivity contribution is 6.03. The molecule has 1 rings (SSSR count). The van der Waals surface area contributed by atoms with Crippen LogP contribution in [0.15, 0.2) is 12.1 Å². The number of ketones is 1. The first-order valence-electron chi connectivity index (χ1n) is 6.56. The number of aryl methyl sites for hydroxylation is 1. The van der Waals surface area contributed by atoms with Gasteiger partial charge in [-0.2, -0.15) is 0 Å². The molecule has 0 unspecified atom stereocenters. The number of ether oxygens (including phenoxy) is 1. The number of carbonyl (C=O) groups excluding carboxylic acids is 1. The maximum absolute atomic E-state index is 14.0. The van der Waals surface area contributed by atoms with Crippen LogP contribution in [0.3, 0.4) is 0 Å². The van der Waals surface area contributed by atoms with Crippen LogP contribution >= 0.6 is 0 Å². The van der Waals surface area contributed by atoms with E-state index in [0.717, 1.165) is 6.07 Å². The summed E-state index contributed by atoms with van der Waals surface area (Å²) in [5.74, 6) is -2.24. The van der Waals surface area contributed by atoms with E-state index in [2.05, 4.69) is 0 Å². The fraction of sp³-hybridized carbons (Fsp3) is 0.533. The predicted octanol–water partition coefficient (Wildman–Crippen LogP) is 4.05. The van der Waals surface area contributed by atoms with E-state index in [1.54, 1.807) is 20.8 Å². The minimum absolute atomic E-state index is 0.252. The van der Waals surface area contributed by atoms with E-state index in [0.29, 0.717) is 19.4 Å². The van der Waals surface area contributed by atoms with Crippen molar-refractivity contribution in [1.29, 1.82) is 0 Å². The van der Waals surface area contributed by atoms with E-state index in [1.165, 1.54) is 13.0 Å². The van der Waals surface area contributed by atoms with Gasteiger partial charge in [-0.3, -0.25) is 4.79 Å². The SMILES string of the molecule is CCOC(CC)(CC)C(=O)c1c(F)ccc(C)c1F. The van der Waals surface area contributed by atoms with Crippen LogP contribution in [0.1, 0.15) is 49.5 Å². The molecule has 0 fully saturated rings. The quantitative estimate of drug-likeness (QED) is 0.729. The van der Waals surface area contributed by atoms with Crippen LogP contribution in [-0.2, 0) is 4.74 Å². The Balaban J connectivity index is 3.36. The van der Waals surface area contributed by atoms with Crippen molar-refractivity contribution in [2.24, 2.45) is 0 Å². The minimum Gasteiger partial charge on any atom is -0.367 e. The molecule has 1 aromatic carbocycles. The number of benzene rings is 1. The van der Waals surface area contributed by atoms with Gasteiger partial charge in [0.05, 0.1) is 5.56 Å². The van der Waals surface area contributed by atoms with Crippen LogP contribution < -0.4 is 0 Å². The molecule has 0 atom stereocenters. The molecule has 106 valence electrons. The van der Waals surface area contributed by atoms with E-state index in [1.807, 2.05) is 0 Å². The van der Waals surface area contributed by atoms with Gasteiger partial charge in [-0.25, -0.2) is 8.78 Å². The number of hydrogen-bond acceptors (Lipinski definition) is 2. The molecule has 0 aliphatic carbocycles. The third kappa shape index (κ3) is 2.84. The number of carbonyl (C=O) groups is 1. The number of halogens is 2. The van der Waals surface area contributed by atoms with Gasteiger partial charge < -0.3 is 4.74 Å². The standard InChI is InChI=1S/C15H20F2O2/c1-5-15(6-2,19-7-3)14(18)12-11(16)9-8-10(4)13(12)17/h8-9H,5-7H2,1-4H3. The molecule has 0 aromatic heterocycles. The van der Waals surface area contributed by atoms with Gasteiger partial charge in [-0.05, 0) is 38.3 Å². The highest BCUT2D eigenvalue weighted by atomic mass is 19.1. The second kappa shape index (κ2) is 6.24. The van der Waals surface area contributed by atoms with Gasteiger partial charge in [-0.1, -0.05) is 19.9 Å². The van der Waals surface area contributed by atoms with Gasteiger partial charge in [0.15, 0.2) is 0 Å². The molecule has 4 heteroatoms. The normalized spacial score (nSPS) is 11.7.